The summed E-state index contributed by atoms with van der Waals surface area (Å²) in [5, 5.41) is 4.37. The predicted molar refractivity (Wildman–Crippen MR) is 63.7 cm³/mol. The van der Waals surface area contributed by atoms with Gasteiger partial charge in [0, 0.05) is 10.7 Å². The van der Waals surface area contributed by atoms with Crippen LogP contribution in [0.1, 0.15) is 5.69 Å². The first kappa shape index (κ1) is 9.93. The van der Waals surface area contributed by atoms with Crippen molar-refractivity contribution in [2.75, 3.05) is 0 Å². The molecule has 0 aliphatic carbocycles. The van der Waals surface area contributed by atoms with Gasteiger partial charge in [-0.1, -0.05) is 22.0 Å². The number of hydrogen-bond donors (Lipinski definition) is 0. The predicted octanol–water partition coefficient (Wildman–Crippen LogP) is 3.71. The molecule has 1 aromatic carbocycles. The summed E-state index contributed by atoms with van der Waals surface area (Å²) in [6.45, 7) is 1.97. The number of rotatable bonds is 1. The summed E-state index contributed by atoms with van der Waals surface area (Å²) >= 11 is 6.87. The third kappa shape index (κ3) is 1.91. The lowest BCUT2D eigenvalue weighted by molar-refractivity contribution is 0.862. The fourth-order valence-electron chi connectivity index (χ4n) is 1.19. The molecule has 0 unspecified atom stereocenters. The monoisotopic (exact) mass is 314 g/mol. The van der Waals surface area contributed by atoms with Crippen molar-refractivity contribution in [3.63, 3.8) is 0 Å². The van der Waals surface area contributed by atoms with Gasteiger partial charge in [0.1, 0.15) is 0 Å². The van der Waals surface area contributed by atoms with Gasteiger partial charge in [-0.2, -0.15) is 5.10 Å². The van der Waals surface area contributed by atoms with Crippen molar-refractivity contribution in [2.45, 2.75) is 6.92 Å². The molecule has 0 aliphatic heterocycles. The maximum absolute atomic E-state index is 4.37. The summed E-state index contributed by atoms with van der Waals surface area (Å²) in [7, 11) is 0. The Morgan fingerprint density at radius 3 is 2.64 bits per heavy atom. The van der Waals surface area contributed by atoms with Gasteiger partial charge in [-0.05, 0) is 41.1 Å². The molecule has 4 heteroatoms. The normalized spacial score (nSPS) is 10.5. The number of aromatic nitrogens is 2. The Hall–Kier alpha value is -0.610. The highest BCUT2D eigenvalue weighted by molar-refractivity contribution is 9.10. The third-order valence-electron chi connectivity index (χ3n) is 1.91. The lowest BCUT2D eigenvalue weighted by atomic mass is 10.3. The molecule has 0 saturated heterocycles. The number of benzene rings is 1. The Bertz CT molecular complexity index is 443. The van der Waals surface area contributed by atoms with E-state index in [2.05, 4.69) is 37.0 Å². The highest BCUT2D eigenvalue weighted by Gasteiger charge is 2.03. The van der Waals surface area contributed by atoms with Crippen LogP contribution in [0.4, 0.5) is 0 Å². The second-order valence-electron chi connectivity index (χ2n) is 2.99. The molecular weight excluding hydrogens is 308 g/mol. The van der Waals surface area contributed by atoms with Gasteiger partial charge in [0.05, 0.1) is 15.9 Å². The molecule has 2 aromatic rings. The lowest BCUT2D eigenvalue weighted by Crippen LogP contribution is -1.94. The molecule has 0 aliphatic rings. The number of nitrogens with zero attached hydrogens (tertiary/aromatic N) is 2. The van der Waals surface area contributed by atoms with Crippen LogP contribution in [0, 0.1) is 6.92 Å². The van der Waals surface area contributed by atoms with Gasteiger partial charge in [-0.15, -0.1) is 0 Å². The number of halogens is 2. The minimum absolute atomic E-state index is 0.991. The molecule has 14 heavy (non-hydrogen) atoms. The van der Waals surface area contributed by atoms with E-state index in [4.69, 9.17) is 0 Å². The summed E-state index contributed by atoms with van der Waals surface area (Å²) in [6.07, 6.45) is 1.96. The topological polar surface area (TPSA) is 17.8 Å². The van der Waals surface area contributed by atoms with Gasteiger partial charge in [0.15, 0.2) is 0 Å². The van der Waals surface area contributed by atoms with Crippen LogP contribution in [-0.4, -0.2) is 9.78 Å². The molecule has 1 heterocycles. The Morgan fingerprint density at radius 1 is 1.29 bits per heavy atom. The van der Waals surface area contributed by atoms with E-state index >= 15 is 0 Å². The van der Waals surface area contributed by atoms with Crippen LogP contribution in [0.5, 0.6) is 0 Å². The van der Waals surface area contributed by atoms with Crippen LogP contribution in [0.25, 0.3) is 5.69 Å². The zero-order valence-electron chi connectivity index (χ0n) is 7.54. The van der Waals surface area contributed by atoms with Crippen LogP contribution in [0.2, 0.25) is 0 Å². The fourth-order valence-corrected chi connectivity index (χ4v) is 1.85. The van der Waals surface area contributed by atoms with Gasteiger partial charge < -0.3 is 0 Å². The first-order valence-corrected chi connectivity index (χ1v) is 5.73. The molecule has 0 saturated carbocycles. The maximum Gasteiger partial charge on any atom is 0.0740 e. The molecule has 0 atom stereocenters. The summed E-state index contributed by atoms with van der Waals surface area (Å²) in [5.74, 6) is 0. The lowest BCUT2D eigenvalue weighted by Gasteiger charge is -2.00. The summed E-state index contributed by atoms with van der Waals surface area (Å²) in [4.78, 5) is 0. The molecule has 1 aromatic heterocycles. The number of aryl methyl sites for hydroxylation is 1. The second kappa shape index (κ2) is 3.87. The first-order chi connectivity index (χ1) is 6.66. The SMILES string of the molecule is Cc1nn(-c2cccc(Br)c2)cc1Br. The highest BCUT2D eigenvalue weighted by atomic mass is 79.9. The first-order valence-electron chi connectivity index (χ1n) is 4.14. The molecule has 0 spiro atoms. The van der Waals surface area contributed by atoms with Crippen molar-refractivity contribution in [3.05, 3.63) is 45.1 Å². The van der Waals surface area contributed by atoms with E-state index in [0.717, 1.165) is 20.3 Å². The van der Waals surface area contributed by atoms with Crippen LogP contribution < -0.4 is 0 Å². The van der Waals surface area contributed by atoms with Gasteiger partial charge in [0.25, 0.3) is 0 Å². The molecule has 0 bridgehead atoms. The Morgan fingerprint density at radius 2 is 2.07 bits per heavy atom. The van der Waals surface area contributed by atoms with Gasteiger partial charge >= 0.3 is 0 Å². The molecule has 0 fully saturated rings. The highest BCUT2D eigenvalue weighted by Crippen LogP contribution is 2.19. The molecule has 2 nitrogen and oxygen atoms in total. The Balaban J connectivity index is 2.49. The smallest absolute Gasteiger partial charge is 0.0740 e. The average molecular weight is 316 g/mol. The standard InChI is InChI=1S/C10H8Br2N2/c1-7-10(12)6-14(13-7)9-4-2-3-8(11)5-9/h2-6H,1H3. The van der Waals surface area contributed by atoms with Crippen molar-refractivity contribution in [1.29, 1.82) is 0 Å². The minimum atomic E-state index is 0.991. The quantitative estimate of drug-likeness (QED) is 0.784. The summed E-state index contributed by atoms with van der Waals surface area (Å²) in [5.41, 5.74) is 2.04. The Kier molecular flexibility index (Phi) is 2.74. The van der Waals surface area contributed by atoms with E-state index in [1.807, 2.05) is 42.1 Å². The van der Waals surface area contributed by atoms with Gasteiger partial charge in [-0.3, -0.25) is 0 Å². The van der Waals surface area contributed by atoms with E-state index in [0.29, 0.717) is 0 Å². The van der Waals surface area contributed by atoms with Gasteiger partial charge in [0.2, 0.25) is 0 Å². The van der Waals surface area contributed by atoms with Gasteiger partial charge in [-0.25, -0.2) is 4.68 Å². The molecule has 0 radical (unpaired) electrons. The van der Waals surface area contributed by atoms with E-state index in [9.17, 15) is 0 Å². The van der Waals surface area contributed by atoms with E-state index < -0.39 is 0 Å². The van der Waals surface area contributed by atoms with Crippen molar-refractivity contribution >= 4 is 31.9 Å². The zero-order chi connectivity index (χ0) is 10.1. The average Bonchev–Trinajstić information content (AvgIpc) is 2.47. The van der Waals surface area contributed by atoms with Crippen LogP contribution in [0.3, 0.4) is 0 Å². The molecule has 2 rings (SSSR count). The van der Waals surface area contributed by atoms with Crippen LogP contribution >= 0.6 is 31.9 Å². The third-order valence-corrected chi connectivity index (χ3v) is 3.18. The molecule has 0 amide bonds. The minimum Gasteiger partial charge on any atom is -0.240 e. The molecule has 0 N–H and O–H groups in total. The van der Waals surface area contributed by atoms with E-state index in [1.165, 1.54) is 0 Å². The Labute approximate surface area is 99.2 Å². The largest absolute Gasteiger partial charge is 0.240 e. The maximum atomic E-state index is 4.37. The molecular formula is C10H8Br2N2. The van der Waals surface area contributed by atoms with E-state index in [1.54, 1.807) is 0 Å². The van der Waals surface area contributed by atoms with Crippen LogP contribution in [0.15, 0.2) is 39.4 Å². The summed E-state index contributed by atoms with van der Waals surface area (Å²) in [6, 6.07) is 8.03. The fraction of sp³-hybridized carbons (Fsp3) is 0.100. The van der Waals surface area contributed by atoms with Crippen molar-refractivity contribution in [2.24, 2.45) is 0 Å². The van der Waals surface area contributed by atoms with Crippen molar-refractivity contribution in [1.82, 2.24) is 9.78 Å². The summed E-state index contributed by atoms with van der Waals surface area (Å²) < 4.78 is 3.93. The second-order valence-corrected chi connectivity index (χ2v) is 4.76. The van der Waals surface area contributed by atoms with Crippen molar-refractivity contribution in [3.8, 4) is 5.69 Å². The molecule has 72 valence electrons. The van der Waals surface area contributed by atoms with Crippen LogP contribution in [-0.2, 0) is 0 Å². The van der Waals surface area contributed by atoms with Crippen molar-refractivity contribution < 1.29 is 0 Å². The van der Waals surface area contributed by atoms with E-state index in [-0.39, 0.29) is 0 Å². The number of hydrogen-bond acceptors (Lipinski definition) is 1. The zero-order valence-corrected chi connectivity index (χ0v) is 10.7.